The Labute approximate surface area is 157 Å². The fourth-order valence-electron chi connectivity index (χ4n) is 3.24. The summed E-state index contributed by atoms with van der Waals surface area (Å²) in [4.78, 5) is 14.6. The lowest BCUT2D eigenvalue weighted by atomic mass is 10.1. The van der Waals surface area contributed by atoms with E-state index >= 15 is 0 Å². The summed E-state index contributed by atoms with van der Waals surface area (Å²) in [6.45, 7) is 8.32. The number of amides is 1. The van der Waals surface area contributed by atoms with Crippen LogP contribution >= 0.6 is 23.2 Å². The topological polar surface area (TPSA) is 50.2 Å². The molecule has 0 aliphatic carbocycles. The van der Waals surface area contributed by atoms with E-state index in [0.717, 1.165) is 42.3 Å². The number of aryl methyl sites for hydroxylation is 1. The Bertz CT molecular complexity index is 803. The van der Waals surface area contributed by atoms with Gasteiger partial charge in [-0.1, -0.05) is 23.2 Å². The lowest BCUT2D eigenvalue weighted by molar-refractivity contribution is -0.131. The van der Waals surface area contributed by atoms with Crippen molar-refractivity contribution in [1.29, 1.82) is 0 Å². The fourth-order valence-corrected chi connectivity index (χ4v) is 3.73. The first-order valence-corrected chi connectivity index (χ1v) is 9.14. The van der Waals surface area contributed by atoms with Gasteiger partial charge in [0.1, 0.15) is 0 Å². The molecule has 1 fully saturated rings. The van der Waals surface area contributed by atoms with Gasteiger partial charge < -0.3 is 10.2 Å². The van der Waals surface area contributed by atoms with Gasteiger partial charge in [-0.25, -0.2) is 4.68 Å². The minimum atomic E-state index is 0.140. The number of rotatable bonds is 3. The first-order valence-electron chi connectivity index (χ1n) is 8.38. The van der Waals surface area contributed by atoms with Gasteiger partial charge in [0.05, 0.1) is 22.8 Å². The van der Waals surface area contributed by atoms with Crippen LogP contribution in [0.1, 0.15) is 23.9 Å². The van der Waals surface area contributed by atoms with Crippen molar-refractivity contribution < 1.29 is 4.79 Å². The largest absolute Gasteiger partial charge is 0.340 e. The number of nitrogens with zero attached hydrogens (tertiary/aromatic N) is 3. The molecule has 0 spiro atoms. The first-order chi connectivity index (χ1) is 11.9. The highest BCUT2D eigenvalue weighted by Gasteiger charge is 2.23. The van der Waals surface area contributed by atoms with E-state index in [0.29, 0.717) is 22.5 Å². The van der Waals surface area contributed by atoms with Crippen molar-refractivity contribution in [3.63, 3.8) is 0 Å². The van der Waals surface area contributed by atoms with Gasteiger partial charge in [0.2, 0.25) is 5.91 Å². The number of aromatic nitrogens is 2. The Hall–Kier alpha value is -1.56. The SMILES string of the molecule is Cc1nn(-c2ccc(Cl)cc2Cl)c(C)c1CC(=O)N1CCNC(C)C1. The first kappa shape index (κ1) is 18.2. The van der Waals surface area contributed by atoms with Crippen LogP contribution in [-0.4, -0.2) is 46.3 Å². The summed E-state index contributed by atoms with van der Waals surface area (Å²) in [7, 11) is 0. The molecule has 2 heterocycles. The molecule has 1 amide bonds. The standard InChI is InChI=1S/C18H22Cl2N4O/c1-11-10-23(7-6-21-11)18(25)9-15-12(2)22-24(13(15)3)17-5-4-14(19)8-16(17)20/h4-5,8,11,21H,6-7,9-10H2,1-3H3. The van der Waals surface area contributed by atoms with E-state index in [1.807, 2.05) is 24.8 Å². The number of piperazine rings is 1. The van der Waals surface area contributed by atoms with Gasteiger partial charge in [-0.05, 0) is 39.0 Å². The quantitative estimate of drug-likeness (QED) is 0.889. The van der Waals surface area contributed by atoms with Gasteiger partial charge in [-0.3, -0.25) is 4.79 Å². The van der Waals surface area contributed by atoms with E-state index in [4.69, 9.17) is 23.2 Å². The van der Waals surface area contributed by atoms with E-state index in [1.165, 1.54) is 0 Å². The summed E-state index contributed by atoms with van der Waals surface area (Å²) in [5.74, 6) is 0.140. The molecule has 5 nitrogen and oxygen atoms in total. The van der Waals surface area contributed by atoms with E-state index in [1.54, 1.807) is 16.8 Å². The van der Waals surface area contributed by atoms with Crippen molar-refractivity contribution in [2.24, 2.45) is 0 Å². The second-order valence-electron chi connectivity index (χ2n) is 6.53. The lowest BCUT2D eigenvalue weighted by Gasteiger charge is -2.32. The molecule has 2 aromatic rings. The summed E-state index contributed by atoms with van der Waals surface area (Å²) < 4.78 is 1.79. The van der Waals surface area contributed by atoms with Gasteiger partial charge >= 0.3 is 0 Å². The van der Waals surface area contributed by atoms with Crippen LogP contribution in [0.3, 0.4) is 0 Å². The highest BCUT2D eigenvalue weighted by atomic mass is 35.5. The predicted molar refractivity (Wildman–Crippen MR) is 101 cm³/mol. The number of hydrogen-bond acceptors (Lipinski definition) is 3. The Morgan fingerprint density at radius 1 is 1.36 bits per heavy atom. The monoisotopic (exact) mass is 380 g/mol. The normalized spacial score (nSPS) is 17.8. The van der Waals surface area contributed by atoms with E-state index in [-0.39, 0.29) is 5.91 Å². The fraction of sp³-hybridized carbons (Fsp3) is 0.444. The number of halogens is 2. The number of benzene rings is 1. The number of carbonyl (C=O) groups excluding carboxylic acids is 1. The molecule has 134 valence electrons. The molecule has 1 saturated heterocycles. The average Bonchev–Trinajstić information content (AvgIpc) is 2.83. The van der Waals surface area contributed by atoms with Crippen LogP contribution in [0, 0.1) is 13.8 Å². The zero-order valence-corrected chi connectivity index (χ0v) is 16.2. The van der Waals surface area contributed by atoms with Crippen molar-refractivity contribution >= 4 is 29.1 Å². The molecular formula is C18H22Cl2N4O. The lowest BCUT2D eigenvalue weighted by Crippen LogP contribution is -2.51. The Morgan fingerprint density at radius 2 is 2.12 bits per heavy atom. The summed E-state index contributed by atoms with van der Waals surface area (Å²) in [6.07, 6.45) is 0.357. The Kier molecular flexibility index (Phi) is 5.37. The van der Waals surface area contributed by atoms with Crippen molar-refractivity contribution in [2.45, 2.75) is 33.2 Å². The van der Waals surface area contributed by atoms with Crippen LogP contribution in [0.2, 0.25) is 10.0 Å². The van der Waals surface area contributed by atoms with Crippen LogP contribution in [0.15, 0.2) is 18.2 Å². The zero-order valence-electron chi connectivity index (χ0n) is 14.6. The smallest absolute Gasteiger partial charge is 0.227 e. The van der Waals surface area contributed by atoms with Gasteiger partial charge in [-0.15, -0.1) is 0 Å². The molecule has 3 rings (SSSR count). The molecule has 0 radical (unpaired) electrons. The van der Waals surface area contributed by atoms with Gasteiger partial charge in [-0.2, -0.15) is 5.10 Å². The van der Waals surface area contributed by atoms with E-state index in [2.05, 4.69) is 17.3 Å². The minimum absolute atomic E-state index is 0.140. The van der Waals surface area contributed by atoms with Gasteiger partial charge in [0.25, 0.3) is 0 Å². The third kappa shape index (κ3) is 3.84. The Morgan fingerprint density at radius 3 is 2.80 bits per heavy atom. The average molecular weight is 381 g/mol. The maximum absolute atomic E-state index is 12.7. The molecule has 1 aliphatic heterocycles. The highest BCUT2D eigenvalue weighted by molar-refractivity contribution is 6.35. The van der Waals surface area contributed by atoms with Crippen LogP contribution < -0.4 is 5.32 Å². The molecule has 0 saturated carbocycles. The van der Waals surface area contributed by atoms with Crippen molar-refractivity contribution in [3.05, 3.63) is 45.2 Å². The van der Waals surface area contributed by atoms with Crippen LogP contribution in [0.5, 0.6) is 0 Å². The van der Waals surface area contributed by atoms with Crippen molar-refractivity contribution in [2.75, 3.05) is 19.6 Å². The number of carbonyl (C=O) groups is 1. The van der Waals surface area contributed by atoms with Crippen LogP contribution in [0.4, 0.5) is 0 Å². The zero-order chi connectivity index (χ0) is 18.1. The molecule has 7 heteroatoms. The third-order valence-corrected chi connectivity index (χ3v) is 5.17. The molecule has 1 aromatic heterocycles. The van der Waals surface area contributed by atoms with Gasteiger partial charge in [0, 0.05) is 42.0 Å². The highest BCUT2D eigenvalue weighted by Crippen LogP contribution is 2.27. The maximum Gasteiger partial charge on any atom is 0.227 e. The van der Waals surface area contributed by atoms with Crippen molar-refractivity contribution in [1.82, 2.24) is 20.0 Å². The second-order valence-corrected chi connectivity index (χ2v) is 7.37. The van der Waals surface area contributed by atoms with Crippen molar-refractivity contribution in [3.8, 4) is 5.69 Å². The summed E-state index contributed by atoms with van der Waals surface area (Å²) in [5.41, 5.74) is 3.50. The van der Waals surface area contributed by atoms with E-state index < -0.39 is 0 Å². The molecule has 1 atom stereocenters. The molecule has 1 aromatic carbocycles. The van der Waals surface area contributed by atoms with E-state index in [9.17, 15) is 4.79 Å². The van der Waals surface area contributed by atoms with Crippen LogP contribution in [-0.2, 0) is 11.2 Å². The molecular weight excluding hydrogens is 359 g/mol. The summed E-state index contributed by atoms with van der Waals surface area (Å²) in [6, 6.07) is 5.65. The summed E-state index contributed by atoms with van der Waals surface area (Å²) >= 11 is 12.3. The maximum atomic E-state index is 12.7. The second kappa shape index (κ2) is 7.36. The minimum Gasteiger partial charge on any atom is -0.340 e. The molecule has 1 unspecified atom stereocenters. The number of hydrogen-bond donors (Lipinski definition) is 1. The Balaban J connectivity index is 1.86. The predicted octanol–water partition coefficient (Wildman–Crippen LogP) is 3.16. The molecule has 0 bridgehead atoms. The summed E-state index contributed by atoms with van der Waals surface area (Å²) in [5, 5.41) is 9.06. The third-order valence-electron chi connectivity index (χ3n) is 4.63. The molecule has 1 aliphatic rings. The van der Waals surface area contributed by atoms with Crippen LogP contribution in [0.25, 0.3) is 5.69 Å². The number of nitrogens with one attached hydrogen (secondary N) is 1. The molecule has 25 heavy (non-hydrogen) atoms. The molecule has 1 N–H and O–H groups in total. The van der Waals surface area contributed by atoms with Gasteiger partial charge in [0.15, 0.2) is 0 Å².